The van der Waals surface area contributed by atoms with Crippen LogP contribution in [0.1, 0.15) is 20.7 Å². The van der Waals surface area contributed by atoms with Crippen molar-refractivity contribution in [2.45, 2.75) is 12.3 Å². The SMILES string of the molecule is Cc1ccc(C(Cl)c2csc(Br)c2)s1. The molecule has 14 heavy (non-hydrogen) atoms. The van der Waals surface area contributed by atoms with Gasteiger partial charge in [0.15, 0.2) is 0 Å². The minimum Gasteiger partial charge on any atom is -0.144 e. The summed E-state index contributed by atoms with van der Waals surface area (Å²) in [6.07, 6.45) is 0. The van der Waals surface area contributed by atoms with Crippen LogP contribution in [0.25, 0.3) is 0 Å². The summed E-state index contributed by atoms with van der Waals surface area (Å²) in [6.45, 7) is 2.10. The fraction of sp³-hybridized carbons (Fsp3) is 0.200. The highest BCUT2D eigenvalue weighted by Crippen LogP contribution is 2.36. The first kappa shape index (κ1) is 10.7. The fourth-order valence-electron chi connectivity index (χ4n) is 1.21. The Bertz CT molecular complexity index is 393. The maximum absolute atomic E-state index is 6.35. The zero-order valence-corrected chi connectivity index (χ0v) is 11.4. The van der Waals surface area contributed by atoms with Crippen molar-refractivity contribution < 1.29 is 0 Å². The summed E-state index contributed by atoms with van der Waals surface area (Å²) >= 11 is 13.2. The van der Waals surface area contributed by atoms with E-state index in [-0.39, 0.29) is 5.38 Å². The first-order valence-electron chi connectivity index (χ1n) is 4.11. The summed E-state index contributed by atoms with van der Waals surface area (Å²) < 4.78 is 1.13. The van der Waals surface area contributed by atoms with Gasteiger partial charge >= 0.3 is 0 Å². The molecule has 4 heteroatoms. The lowest BCUT2D eigenvalue weighted by Gasteiger charge is -2.03. The number of thiophene rings is 2. The zero-order chi connectivity index (χ0) is 10.1. The van der Waals surface area contributed by atoms with Gasteiger partial charge < -0.3 is 0 Å². The van der Waals surface area contributed by atoms with Crippen molar-refractivity contribution in [1.82, 2.24) is 0 Å². The molecule has 2 rings (SSSR count). The van der Waals surface area contributed by atoms with Gasteiger partial charge in [0, 0.05) is 9.75 Å². The molecular weight excluding hydrogens is 300 g/mol. The van der Waals surface area contributed by atoms with Crippen LogP contribution in [-0.2, 0) is 0 Å². The molecule has 1 unspecified atom stereocenters. The van der Waals surface area contributed by atoms with Crippen LogP contribution in [-0.4, -0.2) is 0 Å². The Morgan fingerprint density at radius 1 is 1.43 bits per heavy atom. The molecule has 0 radical (unpaired) electrons. The summed E-state index contributed by atoms with van der Waals surface area (Å²) in [4.78, 5) is 2.52. The van der Waals surface area contributed by atoms with E-state index in [2.05, 4.69) is 46.4 Å². The molecule has 0 spiro atoms. The molecular formula is C10H8BrClS2. The van der Waals surface area contributed by atoms with Crippen molar-refractivity contribution in [3.05, 3.63) is 42.7 Å². The molecule has 0 fully saturated rings. The number of aryl methyl sites for hydroxylation is 1. The predicted octanol–water partition coefficient (Wildman–Crippen LogP) is 5.21. The Hall–Kier alpha value is 0.170. The highest BCUT2D eigenvalue weighted by Gasteiger charge is 2.13. The lowest BCUT2D eigenvalue weighted by atomic mass is 10.2. The first-order chi connectivity index (χ1) is 6.66. The Kier molecular flexibility index (Phi) is 3.32. The largest absolute Gasteiger partial charge is 0.144 e. The molecule has 0 aliphatic heterocycles. The van der Waals surface area contributed by atoms with E-state index < -0.39 is 0 Å². The van der Waals surface area contributed by atoms with Gasteiger partial charge in [0.1, 0.15) is 0 Å². The van der Waals surface area contributed by atoms with E-state index in [1.165, 1.54) is 15.3 Å². The molecule has 74 valence electrons. The van der Waals surface area contributed by atoms with Crippen molar-refractivity contribution >= 4 is 50.2 Å². The number of hydrogen-bond acceptors (Lipinski definition) is 2. The Balaban J connectivity index is 2.28. The molecule has 0 aromatic carbocycles. The smallest absolute Gasteiger partial charge is 0.0936 e. The second kappa shape index (κ2) is 4.35. The molecule has 0 saturated heterocycles. The second-order valence-corrected chi connectivity index (χ2v) is 7.04. The third-order valence-corrected chi connectivity index (χ3v) is 5.10. The minimum absolute atomic E-state index is 0.00347. The third-order valence-electron chi connectivity index (χ3n) is 1.89. The Morgan fingerprint density at radius 2 is 2.21 bits per heavy atom. The van der Waals surface area contributed by atoms with E-state index in [0.717, 1.165) is 3.79 Å². The van der Waals surface area contributed by atoms with Crippen molar-refractivity contribution in [1.29, 1.82) is 0 Å². The lowest BCUT2D eigenvalue weighted by Crippen LogP contribution is -1.85. The Morgan fingerprint density at radius 3 is 2.71 bits per heavy atom. The maximum Gasteiger partial charge on any atom is 0.0936 e. The van der Waals surface area contributed by atoms with Crippen LogP contribution >= 0.6 is 50.2 Å². The molecule has 0 N–H and O–H groups in total. The summed E-state index contributed by atoms with van der Waals surface area (Å²) in [5.41, 5.74) is 1.17. The van der Waals surface area contributed by atoms with Gasteiger partial charge in [-0.1, -0.05) is 0 Å². The van der Waals surface area contributed by atoms with Gasteiger partial charge in [0.05, 0.1) is 9.16 Å². The number of rotatable bonds is 2. The van der Waals surface area contributed by atoms with Crippen molar-refractivity contribution in [3.8, 4) is 0 Å². The number of halogens is 2. The van der Waals surface area contributed by atoms with Crippen LogP contribution in [0.4, 0.5) is 0 Å². The highest BCUT2D eigenvalue weighted by atomic mass is 79.9. The molecule has 2 aromatic rings. The van der Waals surface area contributed by atoms with E-state index in [9.17, 15) is 0 Å². The normalized spacial score (nSPS) is 13.1. The van der Waals surface area contributed by atoms with E-state index in [1.807, 2.05) is 0 Å². The van der Waals surface area contributed by atoms with E-state index >= 15 is 0 Å². The molecule has 0 amide bonds. The number of hydrogen-bond donors (Lipinski definition) is 0. The molecule has 0 nitrogen and oxygen atoms in total. The average molecular weight is 308 g/mol. The standard InChI is InChI=1S/C10H8BrClS2/c1-6-2-3-8(14-6)10(12)7-4-9(11)13-5-7/h2-5,10H,1H3. The summed E-state index contributed by atoms with van der Waals surface area (Å²) in [7, 11) is 0. The third kappa shape index (κ3) is 2.22. The number of alkyl halides is 1. The molecule has 2 heterocycles. The van der Waals surface area contributed by atoms with Gasteiger partial charge in [-0.3, -0.25) is 0 Å². The van der Waals surface area contributed by atoms with E-state index in [1.54, 1.807) is 22.7 Å². The van der Waals surface area contributed by atoms with Gasteiger partial charge in [-0.05, 0) is 52.0 Å². The summed E-state index contributed by atoms with van der Waals surface area (Å²) in [5.74, 6) is 0. The van der Waals surface area contributed by atoms with Gasteiger partial charge in [0.25, 0.3) is 0 Å². The van der Waals surface area contributed by atoms with Crippen molar-refractivity contribution in [3.63, 3.8) is 0 Å². The maximum atomic E-state index is 6.35. The Labute approximate surface area is 105 Å². The molecule has 0 bridgehead atoms. The fourth-order valence-corrected chi connectivity index (χ4v) is 3.70. The lowest BCUT2D eigenvalue weighted by molar-refractivity contribution is 1.20. The van der Waals surface area contributed by atoms with Crippen LogP contribution in [0.3, 0.4) is 0 Å². The highest BCUT2D eigenvalue weighted by molar-refractivity contribution is 9.11. The topological polar surface area (TPSA) is 0 Å². The zero-order valence-electron chi connectivity index (χ0n) is 7.46. The monoisotopic (exact) mass is 306 g/mol. The van der Waals surface area contributed by atoms with Crippen LogP contribution in [0, 0.1) is 6.92 Å². The first-order valence-corrected chi connectivity index (χ1v) is 7.03. The van der Waals surface area contributed by atoms with E-state index in [0.29, 0.717) is 0 Å². The van der Waals surface area contributed by atoms with Crippen LogP contribution in [0.2, 0.25) is 0 Å². The van der Waals surface area contributed by atoms with E-state index in [4.69, 9.17) is 11.6 Å². The van der Waals surface area contributed by atoms with Crippen LogP contribution in [0.15, 0.2) is 27.4 Å². The molecule has 1 atom stereocenters. The van der Waals surface area contributed by atoms with Crippen molar-refractivity contribution in [2.24, 2.45) is 0 Å². The molecule has 2 aromatic heterocycles. The second-order valence-electron chi connectivity index (χ2n) is 3.00. The van der Waals surface area contributed by atoms with Gasteiger partial charge in [-0.25, -0.2) is 0 Å². The summed E-state index contributed by atoms with van der Waals surface area (Å²) in [6, 6.07) is 6.29. The van der Waals surface area contributed by atoms with Crippen molar-refractivity contribution in [2.75, 3.05) is 0 Å². The average Bonchev–Trinajstić information content (AvgIpc) is 2.73. The van der Waals surface area contributed by atoms with Gasteiger partial charge in [-0.2, -0.15) is 0 Å². The van der Waals surface area contributed by atoms with Gasteiger partial charge in [0.2, 0.25) is 0 Å². The molecule has 0 aliphatic rings. The van der Waals surface area contributed by atoms with Gasteiger partial charge in [-0.15, -0.1) is 34.3 Å². The molecule has 0 aliphatic carbocycles. The molecule has 0 saturated carbocycles. The minimum atomic E-state index is -0.00347. The summed E-state index contributed by atoms with van der Waals surface area (Å²) in [5, 5.41) is 2.09. The van der Waals surface area contributed by atoms with Crippen LogP contribution < -0.4 is 0 Å². The quantitative estimate of drug-likeness (QED) is 0.668. The van der Waals surface area contributed by atoms with Crippen LogP contribution in [0.5, 0.6) is 0 Å². The predicted molar refractivity (Wildman–Crippen MR) is 68.8 cm³/mol.